The van der Waals surface area contributed by atoms with Crippen molar-refractivity contribution in [1.29, 1.82) is 5.26 Å². The molecule has 1 unspecified atom stereocenters. The lowest BCUT2D eigenvalue weighted by Crippen LogP contribution is -2.26. The molecule has 5 nitrogen and oxygen atoms in total. The number of aromatic nitrogens is 1. The molecule has 1 aromatic rings. The molecule has 17 heavy (non-hydrogen) atoms. The van der Waals surface area contributed by atoms with E-state index in [1.165, 1.54) is 6.20 Å². The Morgan fingerprint density at radius 2 is 2.41 bits per heavy atom. The van der Waals surface area contributed by atoms with Crippen LogP contribution in [0.2, 0.25) is 0 Å². The lowest BCUT2D eigenvalue weighted by molar-refractivity contribution is -0.136. The van der Waals surface area contributed by atoms with Crippen LogP contribution in [0.25, 0.3) is 0 Å². The first-order chi connectivity index (χ1) is 8.09. The summed E-state index contributed by atoms with van der Waals surface area (Å²) in [6.07, 6.45) is 1.57. The van der Waals surface area contributed by atoms with Crippen molar-refractivity contribution in [3.63, 3.8) is 0 Å². The number of ether oxygens (including phenoxy) is 2. The highest BCUT2D eigenvalue weighted by molar-refractivity contribution is 5.38. The molecule has 1 fully saturated rings. The predicted octanol–water partition coefficient (Wildman–Crippen LogP) is 1.52. The van der Waals surface area contributed by atoms with Crippen LogP contribution in [0.4, 0.5) is 5.82 Å². The van der Waals surface area contributed by atoms with Crippen LogP contribution < -0.4 is 5.32 Å². The van der Waals surface area contributed by atoms with Crippen LogP contribution >= 0.6 is 0 Å². The lowest BCUT2D eigenvalue weighted by Gasteiger charge is -2.17. The summed E-state index contributed by atoms with van der Waals surface area (Å²) in [6.45, 7) is 5.01. The molecule has 2 rings (SSSR count). The van der Waals surface area contributed by atoms with Crippen LogP contribution in [0.1, 0.15) is 19.4 Å². The Morgan fingerprint density at radius 3 is 2.94 bits per heavy atom. The van der Waals surface area contributed by atoms with Crippen molar-refractivity contribution >= 4 is 5.82 Å². The van der Waals surface area contributed by atoms with Gasteiger partial charge in [-0.1, -0.05) is 0 Å². The summed E-state index contributed by atoms with van der Waals surface area (Å²) in [5, 5.41) is 11.8. The lowest BCUT2D eigenvalue weighted by atomic mass is 10.3. The summed E-state index contributed by atoms with van der Waals surface area (Å²) < 4.78 is 11.1. The zero-order chi connectivity index (χ0) is 12.3. The Morgan fingerprint density at radius 1 is 1.59 bits per heavy atom. The highest BCUT2D eigenvalue weighted by Crippen LogP contribution is 2.22. The first kappa shape index (κ1) is 11.8. The van der Waals surface area contributed by atoms with Crippen molar-refractivity contribution < 1.29 is 9.47 Å². The molecule has 0 aromatic carbocycles. The van der Waals surface area contributed by atoms with Gasteiger partial charge in [0, 0.05) is 12.7 Å². The van der Waals surface area contributed by atoms with Gasteiger partial charge in [0.2, 0.25) is 0 Å². The molecule has 1 saturated heterocycles. The quantitative estimate of drug-likeness (QED) is 0.857. The molecule has 90 valence electrons. The number of pyridine rings is 1. The first-order valence-electron chi connectivity index (χ1n) is 5.51. The van der Waals surface area contributed by atoms with Crippen molar-refractivity contribution in [2.75, 3.05) is 18.5 Å². The summed E-state index contributed by atoms with van der Waals surface area (Å²) in [5.41, 5.74) is 0.553. The van der Waals surface area contributed by atoms with E-state index in [1.54, 1.807) is 12.1 Å². The van der Waals surface area contributed by atoms with Gasteiger partial charge in [-0.15, -0.1) is 0 Å². The fourth-order valence-corrected chi connectivity index (χ4v) is 1.65. The Balaban J connectivity index is 1.84. The Bertz CT molecular complexity index is 422. The van der Waals surface area contributed by atoms with E-state index in [1.807, 2.05) is 19.9 Å². The summed E-state index contributed by atoms with van der Waals surface area (Å²) >= 11 is 0. The van der Waals surface area contributed by atoms with E-state index < -0.39 is 5.79 Å². The zero-order valence-corrected chi connectivity index (χ0v) is 9.93. The van der Waals surface area contributed by atoms with Crippen LogP contribution in [0, 0.1) is 11.3 Å². The normalized spacial score (nSPS) is 22.1. The van der Waals surface area contributed by atoms with Gasteiger partial charge in [0.15, 0.2) is 5.79 Å². The van der Waals surface area contributed by atoms with E-state index in [0.29, 0.717) is 18.7 Å². The molecule has 5 heteroatoms. The highest BCUT2D eigenvalue weighted by Gasteiger charge is 2.32. The third-order valence-electron chi connectivity index (χ3n) is 2.47. The second-order valence-corrected chi connectivity index (χ2v) is 4.38. The Kier molecular flexibility index (Phi) is 3.27. The number of anilines is 1. The molecule has 2 heterocycles. The number of hydrogen-bond donors (Lipinski definition) is 1. The van der Waals surface area contributed by atoms with Crippen molar-refractivity contribution in [3.8, 4) is 6.07 Å². The number of nitrogens with zero attached hydrogens (tertiary/aromatic N) is 2. The molecule has 1 N–H and O–H groups in total. The minimum absolute atomic E-state index is 0.0300. The van der Waals surface area contributed by atoms with Gasteiger partial charge < -0.3 is 14.8 Å². The van der Waals surface area contributed by atoms with E-state index in [4.69, 9.17) is 14.7 Å². The van der Waals surface area contributed by atoms with Gasteiger partial charge in [-0.05, 0) is 26.0 Å². The van der Waals surface area contributed by atoms with Gasteiger partial charge in [-0.25, -0.2) is 4.98 Å². The average Bonchev–Trinajstić information content (AvgIpc) is 2.67. The Labute approximate surface area is 100 Å². The van der Waals surface area contributed by atoms with E-state index in [9.17, 15) is 0 Å². The van der Waals surface area contributed by atoms with E-state index in [-0.39, 0.29) is 6.10 Å². The molecule has 1 aliphatic rings. The molecule has 0 amide bonds. The van der Waals surface area contributed by atoms with Gasteiger partial charge in [-0.2, -0.15) is 5.26 Å². The predicted molar refractivity (Wildman–Crippen MR) is 62.3 cm³/mol. The number of nitrogens with one attached hydrogen (secondary N) is 1. The van der Waals surface area contributed by atoms with E-state index in [0.717, 1.165) is 5.82 Å². The van der Waals surface area contributed by atoms with E-state index in [2.05, 4.69) is 10.3 Å². The summed E-state index contributed by atoms with van der Waals surface area (Å²) in [5.74, 6) is 0.238. The monoisotopic (exact) mass is 233 g/mol. The minimum atomic E-state index is -0.496. The molecule has 1 aliphatic heterocycles. The largest absolute Gasteiger partial charge is 0.367 e. The first-order valence-corrected chi connectivity index (χ1v) is 5.51. The molecular formula is C12H15N3O2. The molecule has 0 saturated carbocycles. The third-order valence-corrected chi connectivity index (χ3v) is 2.47. The fourth-order valence-electron chi connectivity index (χ4n) is 1.65. The van der Waals surface area contributed by atoms with Gasteiger partial charge in [-0.3, -0.25) is 0 Å². The molecule has 0 aliphatic carbocycles. The molecule has 1 aromatic heterocycles. The SMILES string of the molecule is CC1(C)OCC(CNc2ccc(C#N)cn2)O1. The topological polar surface area (TPSA) is 67.2 Å². The minimum Gasteiger partial charge on any atom is -0.367 e. The maximum Gasteiger partial charge on any atom is 0.163 e. The van der Waals surface area contributed by atoms with Gasteiger partial charge in [0.05, 0.1) is 12.2 Å². The van der Waals surface area contributed by atoms with Gasteiger partial charge in [0.25, 0.3) is 0 Å². The highest BCUT2D eigenvalue weighted by atomic mass is 16.7. The van der Waals surface area contributed by atoms with Gasteiger partial charge >= 0.3 is 0 Å². The molecule has 0 spiro atoms. The maximum absolute atomic E-state index is 8.64. The number of rotatable bonds is 3. The van der Waals surface area contributed by atoms with Crippen LogP contribution in [-0.4, -0.2) is 30.0 Å². The smallest absolute Gasteiger partial charge is 0.163 e. The standard InChI is InChI=1S/C12H15N3O2/c1-12(2)16-8-10(17-12)7-15-11-4-3-9(5-13)6-14-11/h3-4,6,10H,7-8H2,1-2H3,(H,14,15). The van der Waals surface area contributed by atoms with Crippen LogP contribution in [0.15, 0.2) is 18.3 Å². The fraction of sp³-hybridized carbons (Fsp3) is 0.500. The van der Waals surface area contributed by atoms with Crippen LogP contribution in [-0.2, 0) is 9.47 Å². The van der Waals surface area contributed by atoms with Crippen LogP contribution in [0.3, 0.4) is 0 Å². The van der Waals surface area contributed by atoms with Crippen molar-refractivity contribution in [2.45, 2.75) is 25.7 Å². The number of nitriles is 1. The molecule has 0 bridgehead atoms. The van der Waals surface area contributed by atoms with Crippen molar-refractivity contribution in [2.24, 2.45) is 0 Å². The van der Waals surface area contributed by atoms with Crippen molar-refractivity contribution in [3.05, 3.63) is 23.9 Å². The molecule has 0 radical (unpaired) electrons. The van der Waals surface area contributed by atoms with Crippen LogP contribution in [0.5, 0.6) is 0 Å². The molecule has 1 atom stereocenters. The van der Waals surface area contributed by atoms with E-state index >= 15 is 0 Å². The van der Waals surface area contributed by atoms with Crippen molar-refractivity contribution in [1.82, 2.24) is 4.98 Å². The average molecular weight is 233 g/mol. The third kappa shape index (κ3) is 3.16. The summed E-state index contributed by atoms with van der Waals surface area (Å²) in [7, 11) is 0. The Hall–Kier alpha value is -1.64. The zero-order valence-electron chi connectivity index (χ0n) is 9.93. The van der Waals surface area contributed by atoms with Gasteiger partial charge in [0.1, 0.15) is 18.0 Å². The second kappa shape index (κ2) is 4.70. The summed E-state index contributed by atoms with van der Waals surface area (Å²) in [6, 6.07) is 5.53. The molecular weight excluding hydrogens is 218 g/mol. The second-order valence-electron chi connectivity index (χ2n) is 4.38. The summed E-state index contributed by atoms with van der Waals surface area (Å²) in [4.78, 5) is 4.12. The maximum atomic E-state index is 8.64. The number of hydrogen-bond acceptors (Lipinski definition) is 5.